The number of nitrogens with one attached hydrogen (secondary N) is 2. The third kappa shape index (κ3) is 5.73. The van der Waals surface area contributed by atoms with Crippen LogP contribution >= 0.6 is 0 Å². The summed E-state index contributed by atoms with van der Waals surface area (Å²) in [4.78, 5) is 11.6. The monoisotopic (exact) mass is 481 g/mol. The Morgan fingerprint density at radius 1 is 1.21 bits per heavy atom. The lowest BCUT2D eigenvalue weighted by Crippen LogP contribution is -2.49. The summed E-state index contributed by atoms with van der Waals surface area (Å²) >= 11 is 0. The van der Waals surface area contributed by atoms with Gasteiger partial charge >= 0.3 is 6.18 Å². The number of ether oxygens (including phenoxy) is 1. The molecule has 0 spiro atoms. The lowest BCUT2D eigenvalue weighted by Gasteiger charge is -2.32. The van der Waals surface area contributed by atoms with Gasteiger partial charge in [0.05, 0.1) is 18.8 Å². The van der Waals surface area contributed by atoms with Gasteiger partial charge in [0.15, 0.2) is 5.82 Å². The maximum Gasteiger partial charge on any atom is 0.411 e. The Labute approximate surface area is 194 Å². The van der Waals surface area contributed by atoms with Crippen molar-refractivity contribution in [2.24, 2.45) is 0 Å². The molecule has 0 aliphatic carbocycles. The number of benzene rings is 1. The number of nitrogens with zero attached hydrogens (tertiary/aromatic N) is 5. The molecule has 3 aromatic rings. The van der Waals surface area contributed by atoms with E-state index < -0.39 is 12.8 Å². The molecule has 1 fully saturated rings. The van der Waals surface area contributed by atoms with Crippen molar-refractivity contribution < 1.29 is 22.3 Å². The summed E-state index contributed by atoms with van der Waals surface area (Å²) in [6.07, 6.45) is -3.81. The van der Waals surface area contributed by atoms with Crippen LogP contribution in [0.2, 0.25) is 0 Å². The van der Waals surface area contributed by atoms with Crippen molar-refractivity contribution >= 4 is 28.5 Å². The first-order valence-electron chi connectivity index (χ1n) is 11.2. The summed E-state index contributed by atoms with van der Waals surface area (Å²) in [7, 11) is 0. The van der Waals surface area contributed by atoms with Crippen LogP contribution in [0.3, 0.4) is 0 Å². The topological polar surface area (TPSA) is 80.1 Å². The van der Waals surface area contributed by atoms with E-state index in [1.54, 1.807) is 16.8 Å². The number of halogens is 4. The summed E-state index contributed by atoms with van der Waals surface area (Å²) < 4.78 is 57.2. The van der Waals surface area contributed by atoms with E-state index in [-0.39, 0.29) is 25.0 Å². The predicted octanol–water partition coefficient (Wildman–Crippen LogP) is 3.65. The van der Waals surface area contributed by atoms with Crippen molar-refractivity contribution in [2.45, 2.75) is 39.0 Å². The fourth-order valence-electron chi connectivity index (χ4n) is 3.88. The number of piperazine rings is 1. The van der Waals surface area contributed by atoms with Crippen LogP contribution in [0.15, 0.2) is 24.3 Å². The molecule has 184 valence electrons. The highest BCUT2D eigenvalue weighted by atomic mass is 19.4. The van der Waals surface area contributed by atoms with Crippen LogP contribution in [0, 0.1) is 5.82 Å². The third-order valence-corrected chi connectivity index (χ3v) is 5.45. The first-order chi connectivity index (χ1) is 16.2. The van der Waals surface area contributed by atoms with Crippen molar-refractivity contribution in [1.29, 1.82) is 0 Å². The van der Waals surface area contributed by atoms with Crippen LogP contribution < -0.4 is 15.5 Å². The molecule has 1 saturated heterocycles. The number of hydrogen-bond donors (Lipinski definition) is 2. The van der Waals surface area contributed by atoms with E-state index in [1.807, 2.05) is 6.92 Å². The molecule has 3 heterocycles. The van der Waals surface area contributed by atoms with Gasteiger partial charge in [-0.3, -0.25) is 4.68 Å². The van der Waals surface area contributed by atoms with E-state index in [2.05, 4.69) is 27.6 Å². The molecule has 2 aromatic heterocycles. The van der Waals surface area contributed by atoms with E-state index in [0.29, 0.717) is 40.6 Å². The molecular formula is C22H27F4N7O. The first kappa shape index (κ1) is 24.1. The van der Waals surface area contributed by atoms with Crippen LogP contribution in [0.4, 0.5) is 35.0 Å². The van der Waals surface area contributed by atoms with Crippen LogP contribution in [-0.4, -0.2) is 64.8 Å². The number of anilines is 3. The van der Waals surface area contributed by atoms with E-state index >= 15 is 0 Å². The van der Waals surface area contributed by atoms with Gasteiger partial charge in [0.1, 0.15) is 23.5 Å². The lowest BCUT2D eigenvalue weighted by molar-refractivity contribution is -0.174. The van der Waals surface area contributed by atoms with E-state index in [4.69, 9.17) is 14.7 Å². The fraction of sp³-hybridized carbons (Fsp3) is 0.500. The summed E-state index contributed by atoms with van der Waals surface area (Å²) in [6.45, 7) is 4.86. The molecule has 4 rings (SSSR count). The van der Waals surface area contributed by atoms with Crippen LogP contribution in [-0.2, 0) is 17.7 Å². The van der Waals surface area contributed by atoms with Gasteiger partial charge in [-0.15, -0.1) is 0 Å². The summed E-state index contributed by atoms with van der Waals surface area (Å²) in [6, 6.07) is 6.10. The molecule has 12 heteroatoms. The number of hydrogen-bond acceptors (Lipinski definition) is 7. The van der Waals surface area contributed by atoms with Crippen LogP contribution in [0.5, 0.6) is 0 Å². The molecule has 2 N–H and O–H groups in total. The molecule has 1 aromatic carbocycles. The smallest absolute Gasteiger partial charge is 0.370 e. The van der Waals surface area contributed by atoms with E-state index in [9.17, 15) is 17.6 Å². The fourth-order valence-corrected chi connectivity index (χ4v) is 3.88. The summed E-state index contributed by atoms with van der Waals surface area (Å²) in [5.74, 6) is 0.614. The second-order valence-corrected chi connectivity index (χ2v) is 8.19. The Balaban J connectivity index is 1.73. The van der Waals surface area contributed by atoms with Gasteiger partial charge < -0.3 is 20.3 Å². The minimum absolute atomic E-state index is 0.0953. The molecule has 1 atom stereocenters. The Morgan fingerprint density at radius 2 is 1.97 bits per heavy atom. The Hall–Kier alpha value is -2.99. The average Bonchev–Trinajstić information content (AvgIpc) is 3.15. The molecule has 0 bridgehead atoms. The molecule has 34 heavy (non-hydrogen) atoms. The Morgan fingerprint density at radius 3 is 2.65 bits per heavy atom. The number of aromatic nitrogens is 4. The molecule has 0 saturated carbocycles. The molecule has 0 amide bonds. The number of rotatable bonds is 8. The normalized spacial score (nSPS) is 16.9. The molecule has 1 aliphatic heterocycles. The number of alkyl halides is 3. The maximum atomic E-state index is 13.4. The first-order valence-corrected chi connectivity index (χ1v) is 11.2. The lowest BCUT2D eigenvalue weighted by atomic mass is 10.2. The number of fused-ring (bicyclic) bond motifs is 1. The van der Waals surface area contributed by atoms with Gasteiger partial charge in [-0.25, -0.2) is 9.37 Å². The largest absolute Gasteiger partial charge is 0.411 e. The van der Waals surface area contributed by atoms with Crippen molar-refractivity contribution in [2.75, 3.05) is 43.1 Å². The van der Waals surface area contributed by atoms with Crippen LogP contribution in [0.25, 0.3) is 11.0 Å². The maximum absolute atomic E-state index is 13.4. The molecular weight excluding hydrogens is 454 g/mol. The van der Waals surface area contributed by atoms with E-state index in [0.717, 1.165) is 19.6 Å². The Kier molecular flexibility index (Phi) is 7.17. The zero-order valence-electron chi connectivity index (χ0n) is 19.0. The second-order valence-electron chi connectivity index (χ2n) is 8.19. The van der Waals surface area contributed by atoms with Gasteiger partial charge in [-0.2, -0.15) is 23.3 Å². The number of aryl methyl sites for hydroxylation is 1. The summed E-state index contributed by atoms with van der Waals surface area (Å²) in [5, 5.41) is 11.2. The van der Waals surface area contributed by atoms with Gasteiger partial charge in [0, 0.05) is 31.4 Å². The van der Waals surface area contributed by atoms with E-state index in [1.165, 1.54) is 12.1 Å². The minimum Gasteiger partial charge on any atom is -0.370 e. The average molecular weight is 481 g/mol. The Bertz CT molecular complexity index is 1120. The van der Waals surface area contributed by atoms with Crippen molar-refractivity contribution in [1.82, 2.24) is 25.1 Å². The minimum atomic E-state index is -4.39. The highest BCUT2D eigenvalue weighted by Crippen LogP contribution is 2.29. The molecule has 8 nitrogen and oxygen atoms in total. The van der Waals surface area contributed by atoms with Crippen molar-refractivity contribution in [3.8, 4) is 0 Å². The van der Waals surface area contributed by atoms with Gasteiger partial charge in [0.25, 0.3) is 0 Å². The zero-order chi connectivity index (χ0) is 24.3. The highest BCUT2D eigenvalue weighted by Gasteiger charge is 2.28. The SMILES string of the molecule is CCc1nn(CCOCC(F)(F)F)c2c(Nc3ccc(F)cc3)nc(N3CCN[C@H](C)C3)nc12. The zero-order valence-corrected chi connectivity index (χ0v) is 19.0. The van der Waals surface area contributed by atoms with Gasteiger partial charge in [0.2, 0.25) is 5.95 Å². The van der Waals surface area contributed by atoms with Gasteiger partial charge in [-0.1, -0.05) is 6.92 Å². The summed E-state index contributed by atoms with van der Waals surface area (Å²) in [5.41, 5.74) is 2.50. The highest BCUT2D eigenvalue weighted by molar-refractivity contribution is 5.90. The van der Waals surface area contributed by atoms with Crippen LogP contribution in [0.1, 0.15) is 19.5 Å². The molecule has 0 radical (unpaired) electrons. The quantitative estimate of drug-likeness (QED) is 0.376. The van der Waals surface area contributed by atoms with Gasteiger partial charge in [-0.05, 0) is 37.6 Å². The standard InChI is InChI=1S/C22H27F4N7O/c1-3-17-18-19(33(31-17)10-11-34-13-22(24,25)26)20(28-16-6-4-15(23)5-7-16)30-21(29-18)32-9-8-27-14(2)12-32/h4-7,14,27H,3,8-13H2,1-2H3,(H,28,29,30)/t14-/m1/s1. The molecule has 1 aliphatic rings. The predicted molar refractivity (Wildman–Crippen MR) is 121 cm³/mol. The van der Waals surface area contributed by atoms with Crippen molar-refractivity contribution in [3.05, 3.63) is 35.8 Å². The second kappa shape index (κ2) is 10.1. The third-order valence-electron chi connectivity index (χ3n) is 5.45. The van der Waals surface area contributed by atoms with Crippen molar-refractivity contribution in [3.63, 3.8) is 0 Å². The molecule has 0 unspecified atom stereocenters.